The van der Waals surface area contributed by atoms with Crippen molar-refractivity contribution in [2.75, 3.05) is 0 Å². The zero-order valence-electron chi connectivity index (χ0n) is 9.43. The number of carbonyl (C=O) groups is 1. The Kier molecular flexibility index (Phi) is 7.28. The number of Topliss-reactive ketones (excluding diaryl/α,β-unsaturated/α-hetero) is 1. The molecular weight excluding hydrogens is 192 g/mol. The van der Waals surface area contributed by atoms with Gasteiger partial charge in [-0.05, 0) is 26.0 Å². The van der Waals surface area contributed by atoms with E-state index in [0.717, 1.165) is 0 Å². The van der Waals surface area contributed by atoms with Crippen molar-refractivity contribution in [1.82, 2.24) is 0 Å². The monoisotopic (exact) mass is 210 g/mol. The van der Waals surface area contributed by atoms with Gasteiger partial charge in [-0.3, -0.25) is 0 Å². The molecule has 0 aliphatic rings. The zero-order chi connectivity index (χ0) is 11.7. The van der Waals surface area contributed by atoms with E-state index >= 15 is 0 Å². The Morgan fingerprint density at radius 2 is 1.87 bits per heavy atom. The second-order valence-electron chi connectivity index (χ2n) is 3.09. The molecule has 0 spiro atoms. The normalized spacial score (nSPS) is 10.9. The summed E-state index contributed by atoms with van der Waals surface area (Å²) in [5, 5.41) is 8.78. The molecule has 15 heavy (non-hydrogen) atoms. The first-order chi connectivity index (χ1) is 7.06. The van der Waals surface area contributed by atoms with E-state index in [-0.39, 0.29) is 5.78 Å². The third-order valence-electron chi connectivity index (χ3n) is 1.55. The summed E-state index contributed by atoms with van der Waals surface area (Å²) in [5.74, 6) is 0.947. The Labute approximate surface area is 90.7 Å². The Morgan fingerprint density at radius 3 is 2.20 bits per heavy atom. The molecule has 0 bridgehead atoms. The molecule has 0 amide bonds. The van der Waals surface area contributed by atoms with E-state index in [0.29, 0.717) is 12.2 Å². The minimum absolute atomic E-state index is 0.255. The minimum Gasteiger partial charge on any atom is -0.465 e. The van der Waals surface area contributed by atoms with Crippen LogP contribution in [0.4, 0.5) is 0 Å². The van der Waals surface area contributed by atoms with Crippen LogP contribution in [-0.2, 0) is 4.79 Å². The molecule has 0 saturated heterocycles. The lowest BCUT2D eigenvalue weighted by atomic mass is 10.3. The van der Waals surface area contributed by atoms with Gasteiger partial charge in [0.25, 0.3) is 0 Å². The van der Waals surface area contributed by atoms with Crippen LogP contribution in [0.5, 0.6) is 5.75 Å². The summed E-state index contributed by atoms with van der Waals surface area (Å²) in [4.78, 5) is 9.81. The van der Waals surface area contributed by atoms with Crippen molar-refractivity contribution in [1.29, 1.82) is 0 Å². The van der Waals surface area contributed by atoms with E-state index in [1.54, 1.807) is 26.0 Å². The maximum absolute atomic E-state index is 9.81. The lowest BCUT2D eigenvalue weighted by Gasteiger charge is -2.06. The summed E-state index contributed by atoms with van der Waals surface area (Å²) in [5.41, 5.74) is 0. The van der Waals surface area contributed by atoms with Crippen molar-refractivity contribution in [3.05, 3.63) is 30.3 Å². The predicted octanol–water partition coefficient (Wildman–Crippen LogP) is 2.39. The molecule has 3 heteroatoms. The third kappa shape index (κ3) is 8.97. The highest BCUT2D eigenvalue weighted by atomic mass is 16.6. The fourth-order valence-electron chi connectivity index (χ4n) is 0.696. The van der Waals surface area contributed by atoms with Gasteiger partial charge in [0.15, 0.2) is 6.29 Å². The van der Waals surface area contributed by atoms with Crippen LogP contribution in [-0.4, -0.2) is 17.2 Å². The fraction of sp³-hybridized carbons (Fsp3) is 0.417. The number of hydrogen-bond acceptors (Lipinski definition) is 3. The fourth-order valence-corrected chi connectivity index (χ4v) is 0.696. The van der Waals surface area contributed by atoms with Crippen molar-refractivity contribution in [2.45, 2.75) is 33.5 Å². The van der Waals surface area contributed by atoms with Crippen molar-refractivity contribution >= 4 is 5.78 Å². The molecule has 84 valence electrons. The largest absolute Gasteiger partial charge is 0.465 e. The molecule has 0 aliphatic carbocycles. The number of aliphatic hydroxyl groups excluding tert-OH is 1. The number of benzene rings is 1. The third-order valence-corrected chi connectivity index (χ3v) is 1.55. The van der Waals surface area contributed by atoms with Gasteiger partial charge < -0.3 is 14.6 Å². The molecule has 0 radical (unpaired) electrons. The highest BCUT2D eigenvalue weighted by Crippen LogP contribution is 2.09. The second-order valence-corrected chi connectivity index (χ2v) is 3.09. The van der Waals surface area contributed by atoms with Crippen LogP contribution in [0.1, 0.15) is 27.2 Å². The van der Waals surface area contributed by atoms with Crippen molar-refractivity contribution < 1.29 is 14.6 Å². The van der Waals surface area contributed by atoms with Gasteiger partial charge in [0.2, 0.25) is 0 Å². The summed E-state index contributed by atoms with van der Waals surface area (Å²) in [7, 11) is 0. The van der Waals surface area contributed by atoms with Crippen LogP contribution in [0.25, 0.3) is 0 Å². The molecule has 1 aromatic rings. The van der Waals surface area contributed by atoms with E-state index in [4.69, 9.17) is 9.84 Å². The summed E-state index contributed by atoms with van der Waals surface area (Å²) in [6, 6.07) is 9.21. The SMILES string of the molecule is CC(O)Oc1ccccc1.CCC(C)=O. The van der Waals surface area contributed by atoms with Gasteiger partial charge in [-0.2, -0.15) is 0 Å². The lowest BCUT2D eigenvalue weighted by molar-refractivity contribution is -0.116. The van der Waals surface area contributed by atoms with Gasteiger partial charge in [-0.1, -0.05) is 25.1 Å². The van der Waals surface area contributed by atoms with Gasteiger partial charge in [0.1, 0.15) is 11.5 Å². The molecule has 0 aromatic heterocycles. The van der Waals surface area contributed by atoms with Gasteiger partial charge in [0.05, 0.1) is 0 Å². The maximum atomic E-state index is 9.81. The summed E-state index contributed by atoms with van der Waals surface area (Å²) in [6.45, 7) is 5.01. The van der Waals surface area contributed by atoms with E-state index < -0.39 is 6.29 Å². The van der Waals surface area contributed by atoms with E-state index in [1.165, 1.54) is 0 Å². The molecule has 1 atom stereocenters. The van der Waals surface area contributed by atoms with Gasteiger partial charge in [-0.25, -0.2) is 0 Å². The Morgan fingerprint density at radius 1 is 1.40 bits per heavy atom. The number of aliphatic hydroxyl groups is 1. The van der Waals surface area contributed by atoms with Crippen molar-refractivity contribution in [2.24, 2.45) is 0 Å². The van der Waals surface area contributed by atoms with E-state index in [9.17, 15) is 4.79 Å². The van der Waals surface area contributed by atoms with Gasteiger partial charge in [-0.15, -0.1) is 0 Å². The van der Waals surface area contributed by atoms with Crippen molar-refractivity contribution in [3.8, 4) is 5.75 Å². The number of para-hydroxylation sites is 1. The van der Waals surface area contributed by atoms with Crippen LogP contribution < -0.4 is 4.74 Å². The molecule has 0 fully saturated rings. The summed E-state index contributed by atoms with van der Waals surface area (Å²) in [6.07, 6.45) is -0.0672. The quantitative estimate of drug-likeness (QED) is 0.779. The first-order valence-electron chi connectivity index (χ1n) is 4.95. The molecular formula is C12H18O3. The smallest absolute Gasteiger partial charge is 0.194 e. The van der Waals surface area contributed by atoms with E-state index in [2.05, 4.69) is 0 Å². The summed E-state index contributed by atoms with van der Waals surface area (Å²) < 4.78 is 4.97. The molecule has 1 N–H and O–H groups in total. The molecule has 0 heterocycles. The minimum atomic E-state index is -0.734. The maximum Gasteiger partial charge on any atom is 0.194 e. The Bertz CT molecular complexity index is 267. The number of hydrogen-bond donors (Lipinski definition) is 1. The van der Waals surface area contributed by atoms with Gasteiger partial charge >= 0.3 is 0 Å². The average Bonchev–Trinajstić information content (AvgIpc) is 2.19. The lowest BCUT2D eigenvalue weighted by Crippen LogP contribution is -2.08. The highest BCUT2D eigenvalue weighted by molar-refractivity contribution is 5.74. The second kappa shape index (κ2) is 8.00. The van der Waals surface area contributed by atoms with Crippen LogP contribution in [0.3, 0.4) is 0 Å². The number of ether oxygens (including phenoxy) is 1. The van der Waals surface area contributed by atoms with Crippen LogP contribution in [0.2, 0.25) is 0 Å². The van der Waals surface area contributed by atoms with E-state index in [1.807, 2.05) is 25.1 Å². The number of ketones is 1. The standard InChI is InChI=1S/C8H10O2.C4H8O/c1-7(9)10-8-5-3-2-4-6-8;1-3-4(2)5/h2-7,9H,1H3;3H2,1-2H3. The van der Waals surface area contributed by atoms with Crippen molar-refractivity contribution in [3.63, 3.8) is 0 Å². The highest BCUT2D eigenvalue weighted by Gasteiger charge is 1.94. The summed E-state index contributed by atoms with van der Waals surface area (Å²) >= 11 is 0. The number of carbonyl (C=O) groups excluding carboxylic acids is 1. The Balaban J connectivity index is 0.000000336. The Hall–Kier alpha value is -1.35. The zero-order valence-corrected chi connectivity index (χ0v) is 9.43. The molecule has 1 unspecified atom stereocenters. The number of rotatable bonds is 3. The topological polar surface area (TPSA) is 46.5 Å². The van der Waals surface area contributed by atoms with Gasteiger partial charge in [0, 0.05) is 6.42 Å². The average molecular weight is 210 g/mol. The van der Waals surface area contributed by atoms with Crippen LogP contribution >= 0.6 is 0 Å². The predicted molar refractivity (Wildman–Crippen MR) is 59.7 cm³/mol. The first-order valence-corrected chi connectivity index (χ1v) is 4.95. The molecule has 0 saturated carbocycles. The van der Waals surface area contributed by atoms with Crippen LogP contribution in [0.15, 0.2) is 30.3 Å². The first kappa shape index (κ1) is 13.7. The molecule has 0 aliphatic heterocycles. The van der Waals surface area contributed by atoms with Crippen LogP contribution in [0, 0.1) is 0 Å². The molecule has 3 nitrogen and oxygen atoms in total. The molecule has 1 aromatic carbocycles. The molecule has 1 rings (SSSR count).